The number of aromatic nitrogens is 1. The molecule has 0 aromatic carbocycles. The number of ketones is 1. The average Bonchev–Trinajstić information content (AvgIpc) is 2.19. The van der Waals surface area contributed by atoms with Crippen LogP contribution in [0.1, 0.15) is 24.9 Å². The zero-order valence-corrected chi connectivity index (χ0v) is 8.90. The maximum Gasteiger partial charge on any atom is 0.154 e. The predicted octanol–water partition coefficient (Wildman–Crippen LogP) is 1.66. The molecule has 1 rings (SSSR count). The first-order valence-corrected chi connectivity index (χ1v) is 4.76. The highest BCUT2D eigenvalue weighted by atomic mass is 16.1. The van der Waals surface area contributed by atoms with Gasteiger partial charge in [0.1, 0.15) is 0 Å². The first-order chi connectivity index (χ1) is 6.66. The second-order valence-electron chi connectivity index (χ2n) is 3.47. The fourth-order valence-corrected chi connectivity index (χ4v) is 1.50. The fourth-order valence-electron chi connectivity index (χ4n) is 1.50. The van der Waals surface area contributed by atoms with E-state index >= 15 is 0 Å². The van der Waals surface area contributed by atoms with Gasteiger partial charge in [0.2, 0.25) is 0 Å². The van der Waals surface area contributed by atoms with Crippen LogP contribution in [0.25, 0.3) is 0 Å². The maximum atomic E-state index is 11.7. The molecular formula is C11H16N2O. The van der Waals surface area contributed by atoms with Gasteiger partial charge in [-0.3, -0.25) is 14.7 Å². The summed E-state index contributed by atoms with van der Waals surface area (Å²) in [6.45, 7) is 1.88. The Labute approximate surface area is 84.8 Å². The highest BCUT2D eigenvalue weighted by Gasteiger charge is 2.20. The van der Waals surface area contributed by atoms with Crippen molar-refractivity contribution in [3.8, 4) is 0 Å². The van der Waals surface area contributed by atoms with Gasteiger partial charge in [-0.15, -0.1) is 0 Å². The molecular weight excluding hydrogens is 176 g/mol. The first-order valence-electron chi connectivity index (χ1n) is 4.76. The topological polar surface area (TPSA) is 33.2 Å². The van der Waals surface area contributed by atoms with Gasteiger partial charge in [-0.25, -0.2) is 0 Å². The van der Waals surface area contributed by atoms with Crippen molar-refractivity contribution < 1.29 is 4.79 Å². The van der Waals surface area contributed by atoms with Crippen LogP contribution >= 0.6 is 0 Å². The largest absolute Gasteiger partial charge is 0.298 e. The molecule has 0 saturated carbocycles. The van der Waals surface area contributed by atoms with Gasteiger partial charge >= 0.3 is 0 Å². The number of carbonyl (C=O) groups is 1. The molecule has 0 saturated heterocycles. The van der Waals surface area contributed by atoms with Crippen LogP contribution in [-0.2, 0) is 4.79 Å². The lowest BCUT2D eigenvalue weighted by atomic mass is 10.0. The minimum Gasteiger partial charge on any atom is -0.298 e. The van der Waals surface area contributed by atoms with Crippen molar-refractivity contribution >= 4 is 5.78 Å². The molecule has 1 aromatic rings. The molecule has 14 heavy (non-hydrogen) atoms. The number of rotatable bonds is 4. The highest BCUT2D eigenvalue weighted by molar-refractivity contribution is 5.84. The Kier molecular flexibility index (Phi) is 3.77. The van der Waals surface area contributed by atoms with Crippen LogP contribution in [0.3, 0.4) is 0 Å². The summed E-state index contributed by atoms with van der Waals surface area (Å²) in [6.07, 6.45) is 4.02. The Bertz CT molecular complexity index is 295. The van der Waals surface area contributed by atoms with Gasteiger partial charge in [0.15, 0.2) is 5.78 Å². The maximum absolute atomic E-state index is 11.7. The molecule has 0 aliphatic heterocycles. The van der Waals surface area contributed by atoms with Gasteiger partial charge in [0.05, 0.1) is 6.04 Å². The molecule has 0 aliphatic rings. The van der Waals surface area contributed by atoms with Gasteiger partial charge < -0.3 is 0 Å². The zero-order chi connectivity index (χ0) is 10.6. The monoisotopic (exact) mass is 192 g/mol. The van der Waals surface area contributed by atoms with Crippen LogP contribution in [0, 0.1) is 0 Å². The molecule has 0 bridgehead atoms. The second kappa shape index (κ2) is 4.86. The van der Waals surface area contributed by atoms with E-state index in [9.17, 15) is 4.79 Å². The van der Waals surface area contributed by atoms with E-state index in [1.54, 1.807) is 12.4 Å². The van der Waals surface area contributed by atoms with E-state index in [2.05, 4.69) is 4.98 Å². The van der Waals surface area contributed by atoms with Crippen LogP contribution in [-0.4, -0.2) is 29.8 Å². The van der Waals surface area contributed by atoms with Gasteiger partial charge in [-0.1, -0.05) is 13.0 Å². The molecule has 3 nitrogen and oxygen atoms in total. The van der Waals surface area contributed by atoms with Crippen LogP contribution in [0.5, 0.6) is 0 Å². The summed E-state index contributed by atoms with van der Waals surface area (Å²) in [7, 11) is 3.82. The van der Waals surface area contributed by atoms with E-state index in [0.29, 0.717) is 6.42 Å². The molecule has 0 amide bonds. The van der Waals surface area contributed by atoms with Crippen LogP contribution < -0.4 is 0 Å². The minimum absolute atomic E-state index is 0.159. The van der Waals surface area contributed by atoms with E-state index < -0.39 is 0 Å². The molecule has 3 heteroatoms. The third-order valence-corrected chi connectivity index (χ3v) is 2.17. The standard InChI is InChI=1S/C11H16N2O/c1-4-10(14)11(13(2)3)9-6-5-7-12-8-9/h5-8,11H,4H2,1-3H3. The third-order valence-electron chi connectivity index (χ3n) is 2.17. The number of pyridine rings is 1. The van der Waals surface area contributed by atoms with Crippen molar-refractivity contribution in [3.05, 3.63) is 30.1 Å². The lowest BCUT2D eigenvalue weighted by Crippen LogP contribution is -2.27. The number of nitrogens with zero attached hydrogens (tertiary/aromatic N) is 2. The summed E-state index contributed by atoms with van der Waals surface area (Å²) in [5, 5.41) is 0. The Morgan fingerprint density at radius 2 is 2.29 bits per heavy atom. The van der Waals surface area contributed by atoms with Gasteiger partial charge in [0, 0.05) is 18.8 Å². The van der Waals surface area contributed by atoms with E-state index in [4.69, 9.17) is 0 Å². The molecule has 1 aromatic heterocycles. The average molecular weight is 192 g/mol. The second-order valence-corrected chi connectivity index (χ2v) is 3.47. The van der Waals surface area contributed by atoms with E-state index in [1.165, 1.54) is 0 Å². The molecule has 1 heterocycles. The normalized spacial score (nSPS) is 12.9. The van der Waals surface area contributed by atoms with Crippen molar-refractivity contribution in [2.24, 2.45) is 0 Å². The van der Waals surface area contributed by atoms with Crippen LogP contribution in [0.4, 0.5) is 0 Å². The van der Waals surface area contributed by atoms with E-state index in [0.717, 1.165) is 5.56 Å². The first kappa shape index (κ1) is 10.9. The lowest BCUT2D eigenvalue weighted by Gasteiger charge is -2.22. The summed E-state index contributed by atoms with van der Waals surface area (Å²) in [5.41, 5.74) is 0.962. The molecule has 76 valence electrons. The molecule has 1 atom stereocenters. The highest BCUT2D eigenvalue weighted by Crippen LogP contribution is 2.19. The molecule has 0 N–H and O–H groups in total. The lowest BCUT2D eigenvalue weighted by molar-refractivity contribution is -0.123. The Balaban J connectivity index is 2.95. The van der Waals surface area contributed by atoms with Crippen LogP contribution in [0.15, 0.2) is 24.5 Å². The Hall–Kier alpha value is -1.22. The number of hydrogen-bond donors (Lipinski definition) is 0. The molecule has 0 aliphatic carbocycles. The van der Waals surface area contributed by atoms with Crippen molar-refractivity contribution in [1.29, 1.82) is 0 Å². The molecule has 0 spiro atoms. The minimum atomic E-state index is -0.159. The summed E-state index contributed by atoms with van der Waals surface area (Å²) in [5.74, 6) is 0.225. The summed E-state index contributed by atoms with van der Waals surface area (Å²) in [4.78, 5) is 17.6. The Morgan fingerprint density at radius 3 is 2.71 bits per heavy atom. The van der Waals surface area contributed by atoms with Gasteiger partial charge in [-0.2, -0.15) is 0 Å². The van der Waals surface area contributed by atoms with Crippen molar-refractivity contribution in [2.75, 3.05) is 14.1 Å². The predicted molar refractivity (Wildman–Crippen MR) is 56.0 cm³/mol. The number of Topliss-reactive ketones (excluding diaryl/α,β-unsaturated/α-hetero) is 1. The van der Waals surface area contributed by atoms with Crippen LogP contribution in [0.2, 0.25) is 0 Å². The Morgan fingerprint density at radius 1 is 1.57 bits per heavy atom. The summed E-state index contributed by atoms with van der Waals surface area (Å²) in [6, 6.07) is 3.63. The van der Waals surface area contributed by atoms with Crippen molar-refractivity contribution in [1.82, 2.24) is 9.88 Å². The number of likely N-dealkylation sites (N-methyl/N-ethyl adjacent to an activating group) is 1. The molecule has 0 fully saturated rings. The van der Waals surface area contributed by atoms with E-state index in [1.807, 2.05) is 38.1 Å². The number of carbonyl (C=O) groups excluding carboxylic acids is 1. The molecule has 1 unspecified atom stereocenters. The fraction of sp³-hybridized carbons (Fsp3) is 0.455. The quantitative estimate of drug-likeness (QED) is 0.727. The smallest absolute Gasteiger partial charge is 0.154 e. The third kappa shape index (κ3) is 2.39. The summed E-state index contributed by atoms with van der Waals surface area (Å²) < 4.78 is 0. The van der Waals surface area contributed by atoms with Crippen molar-refractivity contribution in [3.63, 3.8) is 0 Å². The van der Waals surface area contributed by atoms with Gasteiger partial charge in [-0.05, 0) is 25.7 Å². The SMILES string of the molecule is CCC(=O)C(c1cccnc1)N(C)C. The van der Waals surface area contributed by atoms with Gasteiger partial charge in [0.25, 0.3) is 0 Å². The number of hydrogen-bond acceptors (Lipinski definition) is 3. The van der Waals surface area contributed by atoms with E-state index in [-0.39, 0.29) is 11.8 Å². The zero-order valence-electron chi connectivity index (χ0n) is 8.90. The van der Waals surface area contributed by atoms with Crippen molar-refractivity contribution in [2.45, 2.75) is 19.4 Å². The molecule has 0 radical (unpaired) electrons. The summed E-state index contributed by atoms with van der Waals surface area (Å²) >= 11 is 0.